The van der Waals surface area contributed by atoms with E-state index in [0.717, 1.165) is 23.6 Å². The minimum atomic E-state index is 0.699. The zero-order valence-electron chi connectivity index (χ0n) is 9.87. The van der Waals surface area contributed by atoms with E-state index < -0.39 is 0 Å². The van der Waals surface area contributed by atoms with Gasteiger partial charge in [0.05, 0.1) is 11.4 Å². The van der Waals surface area contributed by atoms with Gasteiger partial charge in [0.1, 0.15) is 0 Å². The van der Waals surface area contributed by atoms with E-state index in [1.807, 2.05) is 38.2 Å². The number of aryl methyl sites for hydroxylation is 2. The van der Waals surface area contributed by atoms with Gasteiger partial charge in [0.2, 0.25) is 0 Å². The number of hydrogen-bond acceptors (Lipinski definition) is 3. The standard InChI is InChI=1S/C12H15ClN4/c1-3-10-11(14)12(17(2)16-10)15-9-6-4-8(13)5-7-9/h4-7,15H,3,14H2,1-2H3. The molecule has 5 heteroatoms. The summed E-state index contributed by atoms with van der Waals surface area (Å²) in [4.78, 5) is 0. The summed E-state index contributed by atoms with van der Waals surface area (Å²) < 4.78 is 1.75. The fourth-order valence-electron chi connectivity index (χ4n) is 1.68. The van der Waals surface area contributed by atoms with Crippen molar-refractivity contribution in [1.82, 2.24) is 9.78 Å². The number of aromatic nitrogens is 2. The van der Waals surface area contributed by atoms with E-state index in [0.29, 0.717) is 10.7 Å². The number of nitrogens with zero attached hydrogens (tertiary/aromatic N) is 2. The molecule has 1 aromatic heterocycles. The number of halogens is 1. The molecule has 2 rings (SSSR count). The first-order chi connectivity index (χ1) is 8.11. The third-order valence-electron chi connectivity index (χ3n) is 2.60. The van der Waals surface area contributed by atoms with Gasteiger partial charge in [0, 0.05) is 17.8 Å². The Morgan fingerprint density at radius 1 is 1.35 bits per heavy atom. The topological polar surface area (TPSA) is 55.9 Å². The average molecular weight is 251 g/mol. The Hall–Kier alpha value is -1.68. The van der Waals surface area contributed by atoms with E-state index in [4.69, 9.17) is 17.3 Å². The lowest BCUT2D eigenvalue weighted by molar-refractivity contribution is 0.753. The normalized spacial score (nSPS) is 10.5. The van der Waals surface area contributed by atoms with Crippen molar-refractivity contribution in [1.29, 1.82) is 0 Å². The molecule has 0 atom stereocenters. The van der Waals surface area contributed by atoms with Crippen LogP contribution in [0, 0.1) is 0 Å². The molecule has 0 aliphatic rings. The van der Waals surface area contributed by atoms with Gasteiger partial charge in [-0.1, -0.05) is 18.5 Å². The van der Waals surface area contributed by atoms with Crippen molar-refractivity contribution in [3.8, 4) is 0 Å². The molecule has 1 heterocycles. The van der Waals surface area contributed by atoms with Gasteiger partial charge in [-0.05, 0) is 30.7 Å². The van der Waals surface area contributed by atoms with E-state index in [9.17, 15) is 0 Å². The van der Waals surface area contributed by atoms with Crippen LogP contribution in [0.4, 0.5) is 17.2 Å². The maximum Gasteiger partial charge on any atom is 0.152 e. The van der Waals surface area contributed by atoms with E-state index >= 15 is 0 Å². The van der Waals surface area contributed by atoms with Gasteiger partial charge in [-0.3, -0.25) is 4.68 Å². The molecule has 3 N–H and O–H groups in total. The van der Waals surface area contributed by atoms with Gasteiger partial charge in [-0.2, -0.15) is 5.10 Å². The third-order valence-corrected chi connectivity index (χ3v) is 2.85. The van der Waals surface area contributed by atoms with Crippen molar-refractivity contribution in [2.24, 2.45) is 7.05 Å². The Bertz CT molecular complexity index is 516. The highest BCUT2D eigenvalue weighted by Crippen LogP contribution is 2.26. The van der Waals surface area contributed by atoms with Gasteiger partial charge in [0.25, 0.3) is 0 Å². The van der Waals surface area contributed by atoms with Crippen molar-refractivity contribution in [3.05, 3.63) is 35.0 Å². The monoisotopic (exact) mass is 250 g/mol. The van der Waals surface area contributed by atoms with E-state index in [1.165, 1.54) is 0 Å². The molecule has 0 bridgehead atoms. The highest BCUT2D eigenvalue weighted by molar-refractivity contribution is 6.30. The Kier molecular flexibility index (Phi) is 3.24. The molecule has 0 amide bonds. The predicted octanol–water partition coefficient (Wildman–Crippen LogP) is 2.96. The lowest BCUT2D eigenvalue weighted by Gasteiger charge is -2.07. The second-order valence-corrected chi connectivity index (χ2v) is 4.25. The lowest BCUT2D eigenvalue weighted by Crippen LogP contribution is -2.01. The van der Waals surface area contributed by atoms with Gasteiger partial charge in [0.15, 0.2) is 5.82 Å². The summed E-state index contributed by atoms with van der Waals surface area (Å²) in [5.74, 6) is 0.809. The summed E-state index contributed by atoms with van der Waals surface area (Å²) in [7, 11) is 1.87. The molecule has 1 aromatic carbocycles. The fourth-order valence-corrected chi connectivity index (χ4v) is 1.80. The maximum absolute atomic E-state index is 6.02. The van der Waals surface area contributed by atoms with Crippen LogP contribution in [0.2, 0.25) is 5.02 Å². The molecular weight excluding hydrogens is 236 g/mol. The molecule has 2 aromatic rings. The van der Waals surface area contributed by atoms with Crippen LogP contribution in [0.1, 0.15) is 12.6 Å². The number of rotatable bonds is 3. The molecule has 0 aliphatic heterocycles. The van der Waals surface area contributed by atoms with Gasteiger partial charge in [-0.25, -0.2) is 0 Å². The Morgan fingerprint density at radius 2 is 2.00 bits per heavy atom. The first-order valence-corrected chi connectivity index (χ1v) is 5.83. The molecule has 90 valence electrons. The highest BCUT2D eigenvalue weighted by Gasteiger charge is 2.11. The van der Waals surface area contributed by atoms with E-state index in [-0.39, 0.29) is 0 Å². The minimum Gasteiger partial charge on any atom is -0.394 e. The van der Waals surface area contributed by atoms with Crippen molar-refractivity contribution >= 4 is 28.8 Å². The van der Waals surface area contributed by atoms with Gasteiger partial charge < -0.3 is 11.1 Å². The fraction of sp³-hybridized carbons (Fsp3) is 0.250. The smallest absolute Gasteiger partial charge is 0.152 e. The van der Waals surface area contributed by atoms with Crippen molar-refractivity contribution in [2.75, 3.05) is 11.1 Å². The van der Waals surface area contributed by atoms with Crippen LogP contribution in [-0.4, -0.2) is 9.78 Å². The summed E-state index contributed by atoms with van der Waals surface area (Å²) in [5, 5.41) is 8.30. The Morgan fingerprint density at radius 3 is 2.53 bits per heavy atom. The van der Waals surface area contributed by atoms with Crippen molar-refractivity contribution in [3.63, 3.8) is 0 Å². The minimum absolute atomic E-state index is 0.699. The molecule has 0 spiro atoms. The van der Waals surface area contributed by atoms with Crippen LogP contribution in [0.15, 0.2) is 24.3 Å². The van der Waals surface area contributed by atoms with Crippen LogP contribution < -0.4 is 11.1 Å². The number of nitrogen functional groups attached to an aromatic ring is 1. The van der Waals surface area contributed by atoms with Crippen molar-refractivity contribution < 1.29 is 0 Å². The Balaban J connectivity index is 2.29. The van der Waals surface area contributed by atoms with E-state index in [2.05, 4.69) is 10.4 Å². The van der Waals surface area contributed by atoms with Crippen LogP contribution in [-0.2, 0) is 13.5 Å². The average Bonchev–Trinajstić information content (AvgIpc) is 2.59. The lowest BCUT2D eigenvalue weighted by atomic mass is 10.3. The SMILES string of the molecule is CCc1nn(C)c(Nc2ccc(Cl)cc2)c1N. The van der Waals surface area contributed by atoms with Crippen LogP contribution in [0.25, 0.3) is 0 Å². The predicted molar refractivity (Wildman–Crippen MR) is 71.7 cm³/mol. The molecule has 0 unspecified atom stereocenters. The second-order valence-electron chi connectivity index (χ2n) is 3.82. The largest absolute Gasteiger partial charge is 0.394 e. The Labute approximate surface area is 105 Å². The molecular formula is C12H15ClN4. The summed E-state index contributed by atoms with van der Waals surface area (Å²) in [6, 6.07) is 7.47. The first kappa shape index (κ1) is 11.8. The third kappa shape index (κ3) is 2.36. The number of anilines is 3. The quantitative estimate of drug-likeness (QED) is 0.881. The molecule has 4 nitrogen and oxygen atoms in total. The van der Waals surface area contributed by atoms with Crippen LogP contribution in [0.5, 0.6) is 0 Å². The summed E-state index contributed by atoms with van der Waals surface area (Å²) in [5.41, 5.74) is 8.56. The molecule has 0 aliphatic carbocycles. The number of nitrogens with two attached hydrogens (primary N) is 1. The van der Waals surface area contributed by atoms with E-state index in [1.54, 1.807) is 4.68 Å². The summed E-state index contributed by atoms with van der Waals surface area (Å²) in [6.45, 7) is 2.03. The van der Waals surface area contributed by atoms with Crippen LogP contribution in [0.3, 0.4) is 0 Å². The summed E-state index contributed by atoms with van der Waals surface area (Å²) in [6.07, 6.45) is 0.821. The van der Waals surface area contributed by atoms with Crippen molar-refractivity contribution in [2.45, 2.75) is 13.3 Å². The zero-order chi connectivity index (χ0) is 12.4. The van der Waals surface area contributed by atoms with Crippen LogP contribution >= 0.6 is 11.6 Å². The van der Waals surface area contributed by atoms with Gasteiger partial charge >= 0.3 is 0 Å². The first-order valence-electron chi connectivity index (χ1n) is 5.45. The summed E-state index contributed by atoms with van der Waals surface area (Å²) >= 11 is 5.83. The highest BCUT2D eigenvalue weighted by atomic mass is 35.5. The molecule has 0 saturated heterocycles. The molecule has 17 heavy (non-hydrogen) atoms. The molecule has 0 radical (unpaired) electrons. The zero-order valence-corrected chi connectivity index (χ0v) is 10.6. The number of nitrogens with one attached hydrogen (secondary N) is 1. The second kappa shape index (κ2) is 4.67. The van der Waals surface area contributed by atoms with Gasteiger partial charge in [-0.15, -0.1) is 0 Å². The molecule has 0 fully saturated rings. The number of benzene rings is 1. The molecule has 0 saturated carbocycles. The number of hydrogen-bond donors (Lipinski definition) is 2. The maximum atomic E-state index is 6.02.